The van der Waals surface area contributed by atoms with Crippen molar-refractivity contribution < 1.29 is 0 Å². The lowest BCUT2D eigenvalue weighted by Crippen LogP contribution is -2.25. The molecule has 0 aromatic carbocycles. The summed E-state index contributed by atoms with van der Waals surface area (Å²) in [6, 6.07) is 0. The summed E-state index contributed by atoms with van der Waals surface area (Å²) >= 11 is 0. The lowest BCUT2D eigenvalue weighted by atomic mass is 10.3. The van der Waals surface area contributed by atoms with Crippen molar-refractivity contribution in [1.29, 1.82) is 0 Å². The van der Waals surface area contributed by atoms with E-state index in [4.69, 9.17) is 0 Å². The van der Waals surface area contributed by atoms with Gasteiger partial charge in [0.2, 0.25) is 0 Å². The zero-order valence-electron chi connectivity index (χ0n) is 7.07. The summed E-state index contributed by atoms with van der Waals surface area (Å²) in [6.07, 6.45) is 8.13. The second kappa shape index (κ2) is 4.38. The Morgan fingerprint density at radius 3 is 2.67 bits per heavy atom. The molecule has 62 valence electrons. The average molecular weight is 161 g/mol. The second-order valence-electron chi connectivity index (χ2n) is 2.32. The van der Waals surface area contributed by atoms with Crippen molar-refractivity contribution in [3.8, 4) is 0 Å². The summed E-state index contributed by atoms with van der Waals surface area (Å²) in [5, 5.41) is 9.56. The zero-order chi connectivity index (χ0) is 8.81. The lowest BCUT2D eigenvalue weighted by Gasteiger charge is -1.85. The van der Waals surface area contributed by atoms with Crippen molar-refractivity contribution in [2.75, 3.05) is 0 Å². The van der Waals surface area contributed by atoms with Gasteiger partial charge in [0.15, 0.2) is 0 Å². The molecule has 0 N–H and O–H groups in total. The minimum Gasteiger partial charge on any atom is -0.272 e. The van der Waals surface area contributed by atoms with E-state index in [2.05, 4.69) is 34.9 Å². The number of nitrogens with zero attached hydrogens (tertiary/aromatic N) is 3. The maximum atomic E-state index is 3.78. The molecule has 0 amide bonds. The van der Waals surface area contributed by atoms with Crippen LogP contribution in [-0.2, 0) is 0 Å². The molecular formula is C9H11N3. The highest BCUT2D eigenvalue weighted by atomic mass is 15.1. The topological polar surface area (TPSA) is 38.1 Å². The van der Waals surface area contributed by atoms with Crippen molar-refractivity contribution in [3.63, 3.8) is 0 Å². The Labute approximate surface area is 71.2 Å². The Bertz CT molecular complexity index is 368. The molecule has 0 spiro atoms. The van der Waals surface area contributed by atoms with Gasteiger partial charge in [0.1, 0.15) is 0 Å². The summed E-state index contributed by atoms with van der Waals surface area (Å²) in [5.74, 6) is 0. The number of aromatic nitrogens is 2. The van der Waals surface area contributed by atoms with Gasteiger partial charge in [-0.3, -0.25) is 4.99 Å². The van der Waals surface area contributed by atoms with Crippen molar-refractivity contribution in [2.45, 2.75) is 13.3 Å². The molecule has 0 unspecified atom stereocenters. The van der Waals surface area contributed by atoms with Crippen LogP contribution in [0, 0.1) is 0 Å². The molecule has 3 heteroatoms. The average Bonchev–Trinajstić information content (AvgIpc) is 2.09. The van der Waals surface area contributed by atoms with E-state index in [0.29, 0.717) is 0 Å². The van der Waals surface area contributed by atoms with Gasteiger partial charge in [-0.05, 0) is 13.1 Å². The van der Waals surface area contributed by atoms with Crippen LogP contribution in [0.15, 0.2) is 17.4 Å². The smallest absolute Gasteiger partial charge is 0.0590 e. The second-order valence-corrected chi connectivity index (χ2v) is 2.32. The first-order chi connectivity index (χ1) is 5.88. The summed E-state index contributed by atoms with van der Waals surface area (Å²) in [5.41, 5.74) is 0. The van der Waals surface area contributed by atoms with Gasteiger partial charge < -0.3 is 0 Å². The Hall–Kier alpha value is -1.51. The highest BCUT2D eigenvalue weighted by Crippen LogP contribution is 1.72. The van der Waals surface area contributed by atoms with Gasteiger partial charge in [-0.25, -0.2) is 0 Å². The number of aliphatic imine (C=N–C) groups is 1. The summed E-state index contributed by atoms with van der Waals surface area (Å²) in [7, 11) is 0. The van der Waals surface area contributed by atoms with Crippen LogP contribution in [0.4, 0.5) is 0 Å². The van der Waals surface area contributed by atoms with E-state index in [-0.39, 0.29) is 0 Å². The molecule has 1 aromatic heterocycles. The van der Waals surface area contributed by atoms with E-state index in [1.54, 1.807) is 18.6 Å². The lowest BCUT2D eigenvalue weighted by molar-refractivity contribution is 1.00. The van der Waals surface area contributed by atoms with Crippen LogP contribution < -0.4 is 10.4 Å². The van der Waals surface area contributed by atoms with Crippen LogP contribution >= 0.6 is 0 Å². The van der Waals surface area contributed by atoms with Crippen molar-refractivity contribution in [3.05, 3.63) is 22.8 Å². The Morgan fingerprint density at radius 2 is 2.08 bits per heavy atom. The van der Waals surface area contributed by atoms with Crippen molar-refractivity contribution in [2.24, 2.45) is 4.99 Å². The molecule has 0 aliphatic heterocycles. The van der Waals surface area contributed by atoms with E-state index < -0.39 is 0 Å². The van der Waals surface area contributed by atoms with Crippen molar-refractivity contribution >= 4 is 19.0 Å². The maximum Gasteiger partial charge on any atom is 0.0590 e. The van der Waals surface area contributed by atoms with Gasteiger partial charge in [0.25, 0.3) is 0 Å². The fourth-order valence-corrected chi connectivity index (χ4v) is 0.937. The first-order valence-corrected chi connectivity index (χ1v) is 3.81. The van der Waals surface area contributed by atoms with Crippen LogP contribution in [0.2, 0.25) is 0 Å². The third-order valence-corrected chi connectivity index (χ3v) is 1.45. The normalized spacial score (nSPS) is 13.4. The molecule has 3 nitrogen and oxygen atoms in total. The summed E-state index contributed by atoms with van der Waals surface area (Å²) < 4.78 is 0. The van der Waals surface area contributed by atoms with Gasteiger partial charge in [0.05, 0.1) is 12.4 Å². The van der Waals surface area contributed by atoms with E-state index >= 15 is 0 Å². The van der Waals surface area contributed by atoms with E-state index in [1.165, 1.54) is 0 Å². The molecule has 0 aliphatic carbocycles. The predicted molar refractivity (Wildman–Crippen MR) is 50.1 cm³/mol. The zero-order valence-corrected chi connectivity index (χ0v) is 7.07. The molecule has 0 radical (unpaired) electrons. The van der Waals surface area contributed by atoms with Crippen LogP contribution in [0.3, 0.4) is 0 Å². The molecule has 1 aromatic rings. The number of hydrogen-bond donors (Lipinski definition) is 0. The largest absolute Gasteiger partial charge is 0.272 e. The highest BCUT2D eigenvalue weighted by Gasteiger charge is 1.82. The number of hydrogen-bond acceptors (Lipinski definition) is 3. The predicted octanol–water partition coefficient (Wildman–Crippen LogP) is 0.106. The monoisotopic (exact) mass is 161 g/mol. The molecular weight excluding hydrogens is 150 g/mol. The minimum absolute atomic E-state index is 0.960. The molecule has 0 saturated heterocycles. The Kier molecular flexibility index (Phi) is 3.14. The first-order valence-electron chi connectivity index (χ1n) is 3.81. The molecule has 1 rings (SSSR count). The first kappa shape index (κ1) is 8.59. The third-order valence-electron chi connectivity index (χ3n) is 1.45. The van der Waals surface area contributed by atoms with Crippen molar-refractivity contribution in [1.82, 2.24) is 10.2 Å². The molecule has 0 saturated carbocycles. The Balaban J connectivity index is 3.37. The van der Waals surface area contributed by atoms with E-state index in [1.807, 2.05) is 0 Å². The fourth-order valence-electron chi connectivity index (χ4n) is 0.937. The fraction of sp³-hybridized carbons (Fsp3) is 0.222. The van der Waals surface area contributed by atoms with Crippen LogP contribution in [0.25, 0.3) is 12.3 Å². The molecule has 12 heavy (non-hydrogen) atoms. The van der Waals surface area contributed by atoms with Gasteiger partial charge in [-0.1, -0.05) is 13.0 Å². The third kappa shape index (κ3) is 1.99. The quantitative estimate of drug-likeness (QED) is 0.577. The molecule has 0 bridgehead atoms. The minimum atomic E-state index is 0.960. The molecule has 0 aliphatic rings. The SMILES string of the molecule is C=N/C=c1/cnnc/c1=C/CC. The van der Waals surface area contributed by atoms with E-state index in [0.717, 1.165) is 16.9 Å². The van der Waals surface area contributed by atoms with Crippen LogP contribution in [0.1, 0.15) is 13.3 Å². The maximum absolute atomic E-state index is 3.78. The highest BCUT2D eigenvalue weighted by molar-refractivity contribution is 5.37. The van der Waals surface area contributed by atoms with Gasteiger partial charge in [0, 0.05) is 16.6 Å². The van der Waals surface area contributed by atoms with Crippen LogP contribution in [0.5, 0.6) is 0 Å². The van der Waals surface area contributed by atoms with Gasteiger partial charge in [-0.15, -0.1) is 0 Å². The van der Waals surface area contributed by atoms with Gasteiger partial charge in [-0.2, -0.15) is 10.2 Å². The summed E-state index contributed by atoms with van der Waals surface area (Å²) in [4.78, 5) is 3.69. The molecule has 0 atom stereocenters. The molecule has 0 fully saturated rings. The molecule has 1 heterocycles. The number of rotatable bonds is 2. The summed E-state index contributed by atoms with van der Waals surface area (Å²) in [6.45, 7) is 5.46. The van der Waals surface area contributed by atoms with Crippen LogP contribution in [-0.4, -0.2) is 16.9 Å². The van der Waals surface area contributed by atoms with Gasteiger partial charge >= 0.3 is 0 Å². The van der Waals surface area contributed by atoms with E-state index in [9.17, 15) is 0 Å². The Morgan fingerprint density at radius 1 is 1.42 bits per heavy atom. The standard InChI is InChI=1S/C9H11N3/c1-3-4-8-6-11-12-7-9(8)5-10-2/h4-7H,2-3H2,1H3/b8-4-,9-5-.